The van der Waals surface area contributed by atoms with Crippen LogP contribution in [-0.2, 0) is 0 Å². The van der Waals surface area contributed by atoms with Gasteiger partial charge in [0, 0.05) is 49.1 Å². The monoisotopic (exact) mass is 643 g/mol. The molecule has 0 aliphatic heterocycles. The third-order valence-corrected chi connectivity index (χ3v) is 10.7. The summed E-state index contributed by atoms with van der Waals surface area (Å²) in [7, 11) is 0. The summed E-state index contributed by atoms with van der Waals surface area (Å²) in [5, 5.41) is 5.09. The summed E-state index contributed by atoms with van der Waals surface area (Å²) < 4.78 is 2.61. The van der Waals surface area contributed by atoms with Crippen LogP contribution in [0.1, 0.15) is 12.0 Å². The van der Waals surface area contributed by atoms with Gasteiger partial charge >= 0.3 is 0 Å². The molecule has 0 atom stereocenters. The standard InChI is InChI=1S/C47H33NS/c1-4-14-33(15-5-1)35-26-28-39(29-27-35)48(43-22-9-3-8-20-40(43)36-17-6-2-7-18-36)44-31-30-42-41-21-12-13-23-45(41)49-47(42)46(44)38-25-24-34-16-10-11-19-37(34)32-38/h1-21,23-32H,22H2. The fourth-order valence-corrected chi connectivity index (χ4v) is 8.44. The molecule has 0 fully saturated rings. The van der Waals surface area contributed by atoms with Crippen LogP contribution < -0.4 is 4.90 Å². The smallest absolute Gasteiger partial charge is 0.0551 e. The molecule has 1 aliphatic rings. The average molecular weight is 644 g/mol. The van der Waals surface area contributed by atoms with E-state index >= 15 is 0 Å². The van der Waals surface area contributed by atoms with E-state index in [1.807, 2.05) is 11.3 Å². The highest BCUT2D eigenvalue weighted by Crippen LogP contribution is 2.49. The van der Waals surface area contributed by atoms with Crippen LogP contribution in [0.4, 0.5) is 11.4 Å². The lowest BCUT2D eigenvalue weighted by atomic mass is 9.95. The van der Waals surface area contributed by atoms with Gasteiger partial charge in [0.1, 0.15) is 0 Å². The summed E-state index contributed by atoms with van der Waals surface area (Å²) in [6.45, 7) is 0. The number of hydrogen-bond acceptors (Lipinski definition) is 2. The van der Waals surface area contributed by atoms with Crippen molar-refractivity contribution in [3.8, 4) is 22.3 Å². The first-order valence-corrected chi connectivity index (χ1v) is 17.6. The molecule has 2 heteroatoms. The van der Waals surface area contributed by atoms with Gasteiger partial charge in [-0.1, -0.05) is 158 Å². The zero-order valence-corrected chi connectivity index (χ0v) is 27.8. The molecular formula is C47H33NS. The number of allylic oxidation sites excluding steroid dienone is 5. The Hall–Kier alpha value is -5.96. The van der Waals surface area contributed by atoms with Crippen LogP contribution in [-0.4, -0.2) is 0 Å². The maximum Gasteiger partial charge on any atom is 0.0551 e. The lowest BCUT2D eigenvalue weighted by Crippen LogP contribution is -2.18. The minimum atomic E-state index is 0.791. The molecule has 8 aromatic rings. The molecule has 0 unspecified atom stereocenters. The molecule has 0 radical (unpaired) electrons. The number of rotatable bonds is 6. The highest BCUT2D eigenvalue weighted by atomic mass is 32.1. The summed E-state index contributed by atoms with van der Waals surface area (Å²) in [5.74, 6) is 0. The van der Waals surface area contributed by atoms with Crippen molar-refractivity contribution in [1.82, 2.24) is 0 Å². The predicted molar refractivity (Wildman–Crippen MR) is 213 cm³/mol. The third kappa shape index (κ3) is 5.37. The van der Waals surface area contributed by atoms with Crippen LogP contribution in [0.15, 0.2) is 194 Å². The fourth-order valence-electron chi connectivity index (χ4n) is 7.17. The number of nitrogens with zero attached hydrogens (tertiary/aromatic N) is 1. The Morgan fingerprint density at radius 1 is 0.490 bits per heavy atom. The topological polar surface area (TPSA) is 3.24 Å². The van der Waals surface area contributed by atoms with E-state index in [4.69, 9.17) is 0 Å². The summed E-state index contributed by atoms with van der Waals surface area (Å²) in [6.07, 6.45) is 9.69. The van der Waals surface area contributed by atoms with Crippen LogP contribution in [0.2, 0.25) is 0 Å². The second kappa shape index (κ2) is 12.6. The van der Waals surface area contributed by atoms with E-state index in [1.54, 1.807) is 0 Å². The van der Waals surface area contributed by atoms with Gasteiger partial charge in [0.05, 0.1) is 5.69 Å². The Morgan fingerprint density at radius 3 is 1.98 bits per heavy atom. The van der Waals surface area contributed by atoms with Gasteiger partial charge in [0.2, 0.25) is 0 Å². The Kier molecular flexibility index (Phi) is 7.49. The molecule has 232 valence electrons. The molecule has 0 bridgehead atoms. The Morgan fingerprint density at radius 2 is 1.16 bits per heavy atom. The van der Waals surface area contributed by atoms with Gasteiger partial charge in [-0.2, -0.15) is 0 Å². The van der Waals surface area contributed by atoms with Crippen LogP contribution >= 0.6 is 11.3 Å². The number of anilines is 2. The molecule has 49 heavy (non-hydrogen) atoms. The second-order valence-corrected chi connectivity index (χ2v) is 13.5. The van der Waals surface area contributed by atoms with E-state index in [9.17, 15) is 0 Å². The number of thiophene rings is 1. The maximum atomic E-state index is 2.52. The molecule has 0 amide bonds. The molecule has 1 nitrogen and oxygen atoms in total. The summed E-state index contributed by atoms with van der Waals surface area (Å²) in [5.41, 5.74) is 10.9. The largest absolute Gasteiger partial charge is 0.313 e. The van der Waals surface area contributed by atoms with Gasteiger partial charge in [-0.3, -0.25) is 0 Å². The molecule has 9 rings (SSSR count). The van der Waals surface area contributed by atoms with Gasteiger partial charge in [0.15, 0.2) is 0 Å². The van der Waals surface area contributed by atoms with Crippen molar-refractivity contribution < 1.29 is 0 Å². The van der Waals surface area contributed by atoms with Crippen LogP contribution in [0.5, 0.6) is 0 Å². The van der Waals surface area contributed by atoms with E-state index in [0.717, 1.165) is 12.1 Å². The highest BCUT2D eigenvalue weighted by Gasteiger charge is 2.25. The average Bonchev–Trinajstić information content (AvgIpc) is 3.38. The summed E-state index contributed by atoms with van der Waals surface area (Å²) >= 11 is 1.89. The summed E-state index contributed by atoms with van der Waals surface area (Å²) in [4.78, 5) is 2.52. The summed E-state index contributed by atoms with van der Waals surface area (Å²) in [6, 6.07) is 59.7. The van der Waals surface area contributed by atoms with Gasteiger partial charge in [-0.05, 0) is 63.4 Å². The van der Waals surface area contributed by atoms with Gasteiger partial charge in [-0.25, -0.2) is 0 Å². The van der Waals surface area contributed by atoms with Crippen molar-refractivity contribution in [2.45, 2.75) is 6.42 Å². The number of fused-ring (bicyclic) bond motifs is 4. The van der Waals surface area contributed by atoms with E-state index in [1.165, 1.54) is 75.7 Å². The van der Waals surface area contributed by atoms with E-state index < -0.39 is 0 Å². The first kappa shape index (κ1) is 29.2. The molecule has 1 heterocycles. The van der Waals surface area contributed by atoms with Gasteiger partial charge in [-0.15, -0.1) is 11.3 Å². The fraction of sp³-hybridized carbons (Fsp3) is 0.0213. The number of hydrogen-bond donors (Lipinski definition) is 0. The van der Waals surface area contributed by atoms with E-state index in [-0.39, 0.29) is 0 Å². The number of benzene rings is 7. The molecule has 0 spiro atoms. The maximum absolute atomic E-state index is 2.52. The SMILES string of the molecule is C1=CCC(N(c2ccc(-c3ccccc3)cc2)c2ccc3c(sc4ccccc43)c2-c2ccc3ccccc3c2)=C(c2ccccc2)C=C1. The first-order valence-electron chi connectivity index (χ1n) is 16.8. The quantitative estimate of drug-likeness (QED) is 0.174. The van der Waals surface area contributed by atoms with E-state index in [0.29, 0.717) is 0 Å². The van der Waals surface area contributed by atoms with Crippen molar-refractivity contribution in [3.63, 3.8) is 0 Å². The zero-order chi connectivity index (χ0) is 32.6. The lowest BCUT2D eigenvalue weighted by molar-refractivity contribution is 1.09. The molecule has 0 saturated carbocycles. The van der Waals surface area contributed by atoms with Gasteiger partial charge < -0.3 is 4.90 Å². The Labute approximate surface area is 291 Å². The normalized spacial score (nSPS) is 13.0. The first-order chi connectivity index (χ1) is 24.3. The highest BCUT2D eigenvalue weighted by molar-refractivity contribution is 7.26. The minimum absolute atomic E-state index is 0.791. The van der Waals surface area contributed by atoms with Gasteiger partial charge in [0.25, 0.3) is 0 Å². The van der Waals surface area contributed by atoms with Crippen molar-refractivity contribution in [1.29, 1.82) is 0 Å². The molecule has 0 saturated heterocycles. The second-order valence-electron chi connectivity index (χ2n) is 12.5. The van der Waals surface area contributed by atoms with E-state index in [2.05, 4.69) is 193 Å². The molecular weight excluding hydrogens is 611 g/mol. The molecule has 7 aromatic carbocycles. The minimum Gasteiger partial charge on any atom is -0.313 e. The predicted octanol–water partition coefficient (Wildman–Crippen LogP) is 13.6. The molecule has 1 aromatic heterocycles. The van der Waals surface area contributed by atoms with Crippen molar-refractivity contribution in [3.05, 3.63) is 199 Å². The van der Waals surface area contributed by atoms with Crippen LogP contribution in [0.3, 0.4) is 0 Å². The Bertz CT molecular complexity index is 2550. The zero-order valence-electron chi connectivity index (χ0n) is 27.0. The molecule has 1 aliphatic carbocycles. The van der Waals surface area contributed by atoms with Crippen LogP contribution in [0, 0.1) is 0 Å². The molecule has 0 N–H and O–H groups in total. The third-order valence-electron chi connectivity index (χ3n) is 9.52. The Balaban J connectivity index is 1.36. The van der Waals surface area contributed by atoms with Crippen molar-refractivity contribution >= 4 is 59.2 Å². The van der Waals surface area contributed by atoms with Crippen molar-refractivity contribution in [2.24, 2.45) is 0 Å². The van der Waals surface area contributed by atoms with Crippen molar-refractivity contribution in [2.75, 3.05) is 4.90 Å². The van der Waals surface area contributed by atoms with Crippen LogP contribution in [0.25, 0.3) is 58.8 Å². The lowest BCUT2D eigenvalue weighted by Gasteiger charge is -2.32.